The molecule has 0 bridgehead atoms. The lowest BCUT2D eigenvalue weighted by atomic mass is 9.72. The van der Waals surface area contributed by atoms with E-state index < -0.39 is 22.2 Å². The van der Waals surface area contributed by atoms with Gasteiger partial charge in [-0.05, 0) is 126 Å². The van der Waals surface area contributed by atoms with E-state index >= 15 is 0 Å². The molecule has 4 rings (SSSR count). The molecule has 0 saturated heterocycles. The first-order chi connectivity index (χ1) is 41.2. The highest BCUT2D eigenvalue weighted by atomic mass is 16.5. The van der Waals surface area contributed by atoms with Crippen LogP contribution in [0.25, 0.3) is 0 Å². The fourth-order valence-electron chi connectivity index (χ4n) is 10.2. The molecule has 490 valence electrons. The second-order valence-corrected chi connectivity index (χ2v) is 25.7. The number of carbonyl (C=O) groups is 11. The number of hydrogen-bond acceptors (Lipinski definition) is 12. The number of hydrogen-bond donors (Lipinski definition) is 0. The normalized spacial score (nSPS) is 15.0. The van der Waals surface area contributed by atoms with Gasteiger partial charge < -0.3 is 4.74 Å². The van der Waals surface area contributed by atoms with Crippen LogP contribution in [0.1, 0.15) is 329 Å². The largest absolute Gasteiger partial charge is 0.494 e. The number of ketones is 11. The van der Waals surface area contributed by atoms with Crippen LogP contribution in [-0.4, -0.2) is 70.2 Å². The van der Waals surface area contributed by atoms with Gasteiger partial charge in [-0.2, -0.15) is 0 Å². The first kappa shape index (κ1) is 81.6. The van der Waals surface area contributed by atoms with Gasteiger partial charge in [-0.25, -0.2) is 0 Å². The summed E-state index contributed by atoms with van der Waals surface area (Å²) in [6, 6.07) is 16.0. The number of carbonyl (C=O) groups excluding carboxylic acids is 11. The fourth-order valence-corrected chi connectivity index (χ4v) is 10.2. The summed E-state index contributed by atoms with van der Waals surface area (Å²) in [5.41, 5.74) is -1.24. The highest BCUT2D eigenvalue weighted by molar-refractivity contribution is 6.20. The summed E-state index contributed by atoms with van der Waals surface area (Å²) in [7, 11) is 0. The van der Waals surface area contributed by atoms with Gasteiger partial charge in [0, 0.05) is 36.8 Å². The summed E-state index contributed by atoms with van der Waals surface area (Å²) in [6.07, 6.45) is 39.8. The van der Waals surface area contributed by atoms with Crippen molar-refractivity contribution in [3.63, 3.8) is 0 Å². The first-order valence-corrected chi connectivity index (χ1v) is 33.7. The molecule has 0 amide bonds. The summed E-state index contributed by atoms with van der Waals surface area (Å²) in [4.78, 5) is 125. The summed E-state index contributed by atoms with van der Waals surface area (Å²) in [5, 5.41) is 0. The molecule has 12 nitrogen and oxygen atoms in total. The molecule has 2 fully saturated rings. The maximum absolute atomic E-state index is 12.4. The second-order valence-electron chi connectivity index (χ2n) is 25.7. The monoisotopic (exact) mass is 1210 g/mol. The lowest BCUT2D eigenvalue weighted by molar-refractivity contribution is -0.143. The quantitative estimate of drug-likeness (QED) is 0.0349. The van der Waals surface area contributed by atoms with Gasteiger partial charge in [-0.3, -0.25) is 52.7 Å². The van der Waals surface area contributed by atoms with Crippen LogP contribution in [0.15, 0.2) is 54.6 Å². The Morgan fingerprint density at radius 3 is 1.25 bits per heavy atom. The van der Waals surface area contributed by atoms with Crippen LogP contribution < -0.4 is 4.74 Å². The van der Waals surface area contributed by atoms with Gasteiger partial charge in [0.05, 0.1) is 29.3 Å². The molecule has 2 aliphatic carbocycles. The minimum Gasteiger partial charge on any atom is -0.494 e. The van der Waals surface area contributed by atoms with Crippen molar-refractivity contribution in [2.45, 2.75) is 308 Å². The van der Waals surface area contributed by atoms with Crippen LogP contribution in [-0.2, 0) is 43.2 Å². The van der Waals surface area contributed by atoms with E-state index in [1.165, 1.54) is 182 Å². The summed E-state index contributed by atoms with van der Waals surface area (Å²) in [5.74, 6) is -1.06. The topological polar surface area (TPSA) is 197 Å². The van der Waals surface area contributed by atoms with Crippen LogP contribution in [0.2, 0.25) is 0 Å². The van der Waals surface area contributed by atoms with Crippen molar-refractivity contribution in [1.82, 2.24) is 0 Å². The van der Waals surface area contributed by atoms with Crippen molar-refractivity contribution in [2.24, 2.45) is 22.2 Å². The first-order valence-electron chi connectivity index (χ1n) is 33.7. The maximum atomic E-state index is 12.4. The van der Waals surface area contributed by atoms with Gasteiger partial charge in [0.25, 0.3) is 0 Å². The number of unbranched alkanes of at least 4 members (excludes halogenated alkanes) is 24. The minimum absolute atomic E-state index is 0.00398. The van der Waals surface area contributed by atoms with Crippen LogP contribution in [0.4, 0.5) is 0 Å². The standard InChI is InChI=1S/C24H38O3.C24H46O2.C10H10O2.C9H14O2.C8H10O3/c1-5-6-7-8-9-10-11-12-13-14-19-27-22-17-15-21(16-18-22)23(26)24(3,4)20(2)25;1-5-6-7-8-9-10-11-12-13-14-15-16-17-18-19-20-21-23(26)24(3,4)22(2)25;1-8(11)7-10(12)9-5-3-2-4-6-9;1-7(10)9(2)6-4-3-5-8(9)11;1-5(9)8-6(10)3-2-4-7(8)11/h15-18H,5-14,19H2,1-4H3;5-21H2,1-4H3;2-6H,7H2,1H3;3-6H2,1-2H3;8H,2-4H2,1H3. The van der Waals surface area contributed by atoms with Crippen molar-refractivity contribution >= 4 is 63.6 Å². The van der Waals surface area contributed by atoms with Gasteiger partial charge in [0.15, 0.2) is 23.1 Å². The Balaban J connectivity index is 0.00000113. The highest BCUT2D eigenvalue weighted by Crippen LogP contribution is 2.33. The third-order valence-corrected chi connectivity index (χ3v) is 17.3. The molecule has 2 aromatic carbocycles. The summed E-state index contributed by atoms with van der Waals surface area (Å²) in [6.45, 7) is 21.1. The third kappa shape index (κ3) is 36.0. The van der Waals surface area contributed by atoms with Crippen molar-refractivity contribution < 1.29 is 57.5 Å². The molecule has 0 spiro atoms. The van der Waals surface area contributed by atoms with Gasteiger partial charge in [-0.15, -0.1) is 0 Å². The molecule has 12 heteroatoms. The van der Waals surface area contributed by atoms with Gasteiger partial charge in [0.2, 0.25) is 0 Å². The molecule has 0 N–H and O–H groups in total. The Morgan fingerprint density at radius 2 is 0.897 bits per heavy atom. The van der Waals surface area contributed by atoms with Crippen LogP contribution in [0.5, 0.6) is 5.75 Å². The average Bonchev–Trinajstić information content (AvgIpc) is 3.21. The lowest BCUT2D eigenvalue weighted by Crippen LogP contribution is -2.37. The molecule has 0 aromatic heterocycles. The third-order valence-electron chi connectivity index (χ3n) is 17.3. The molecule has 1 atom stereocenters. The molecule has 2 aliphatic rings. The molecule has 87 heavy (non-hydrogen) atoms. The van der Waals surface area contributed by atoms with Gasteiger partial charge >= 0.3 is 0 Å². The van der Waals surface area contributed by atoms with Crippen molar-refractivity contribution in [3.05, 3.63) is 65.7 Å². The highest BCUT2D eigenvalue weighted by Gasteiger charge is 2.39. The Hall–Kier alpha value is -5.39. The second kappa shape index (κ2) is 47.6. The molecular formula is C75H118O12. The molecule has 0 heterocycles. The van der Waals surface area contributed by atoms with Crippen molar-refractivity contribution in [3.8, 4) is 5.75 Å². The van der Waals surface area contributed by atoms with E-state index in [1.807, 2.05) is 18.2 Å². The van der Waals surface area contributed by atoms with Gasteiger partial charge in [-0.1, -0.05) is 205 Å². The van der Waals surface area contributed by atoms with E-state index in [9.17, 15) is 52.7 Å². The molecule has 0 radical (unpaired) electrons. The Morgan fingerprint density at radius 1 is 0.483 bits per heavy atom. The lowest BCUT2D eigenvalue weighted by Gasteiger charge is -2.28. The zero-order chi connectivity index (χ0) is 65.7. The Kier molecular flexibility index (Phi) is 44.6. The van der Waals surface area contributed by atoms with Crippen LogP contribution in [0, 0.1) is 22.2 Å². The van der Waals surface area contributed by atoms with E-state index in [0.29, 0.717) is 49.8 Å². The van der Waals surface area contributed by atoms with E-state index in [-0.39, 0.29) is 70.0 Å². The predicted molar refractivity (Wildman–Crippen MR) is 353 cm³/mol. The van der Waals surface area contributed by atoms with Crippen LogP contribution >= 0.6 is 0 Å². The van der Waals surface area contributed by atoms with E-state index in [0.717, 1.165) is 44.3 Å². The van der Waals surface area contributed by atoms with E-state index in [2.05, 4.69) is 13.8 Å². The molecule has 2 saturated carbocycles. The number of rotatable bonds is 39. The smallest absolute Gasteiger partial charge is 0.175 e. The average molecular weight is 1210 g/mol. The van der Waals surface area contributed by atoms with Crippen molar-refractivity contribution in [2.75, 3.05) is 6.61 Å². The molecule has 0 aliphatic heterocycles. The summed E-state index contributed by atoms with van der Waals surface area (Å²) >= 11 is 0. The van der Waals surface area contributed by atoms with E-state index in [1.54, 1.807) is 71.0 Å². The molecule has 2 aromatic rings. The Bertz CT molecular complexity index is 2340. The SMILES string of the molecule is CC(=O)C1(C)CCCCC1=O.CC(=O)C1C(=O)CCCC1=O.CC(=O)CC(=O)c1ccccc1.CCCCCCCCCCCCCCCCCCC(=O)C(C)(C)C(C)=O.CCCCCCCCCCCCOc1ccc(C(=O)C(C)(C)C(C)=O)cc1. The van der Waals surface area contributed by atoms with Crippen molar-refractivity contribution in [1.29, 1.82) is 0 Å². The van der Waals surface area contributed by atoms with E-state index in [4.69, 9.17) is 4.74 Å². The Labute approximate surface area is 526 Å². The number of benzene rings is 2. The van der Waals surface area contributed by atoms with Gasteiger partial charge in [0.1, 0.15) is 52.2 Å². The summed E-state index contributed by atoms with van der Waals surface area (Å²) < 4.78 is 5.77. The number of ether oxygens (including phenoxy) is 1. The predicted octanol–water partition coefficient (Wildman–Crippen LogP) is 18.7. The molecular weight excluding hydrogens is 1090 g/mol. The fraction of sp³-hybridized carbons (Fsp3) is 0.693. The zero-order valence-electron chi connectivity index (χ0n) is 56.6. The minimum atomic E-state index is -0.974. The number of Topliss-reactive ketones (excluding diaryl/α,β-unsaturated/α-hetero) is 11. The zero-order valence-corrected chi connectivity index (χ0v) is 56.6. The maximum Gasteiger partial charge on any atom is 0.175 e. The van der Waals surface area contributed by atoms with Crippen LogP contribution in [0.3, 0.4) is 0 Å². The molecule has 1 unspecified atom stereocenters.